The van der Waals surface area contributed by atoms with Crippen molar-refractivity contribution in [2.24, 2.45) is 4.99 Å². The highest BCUT2D eigenvalue weighted by Crippen LogP contribution is 2.24. The molecule has 0 aromatic heterocycles. The lowest BCUT2D eigenvalue weighted by atomic mass is 10.3. The predicted molar refractivity (Wildman–Crippen MR) is 99.3 cm³/mol. The van der Waals surface area contributed by atoms with Gasteiger partial charge in [-0.2, -0.15) is 0 Å². The number of rotatable bonds is 5. The van der Waals surface area contributed by atoms with Gasteiger partial charge in [0.1, 0.15) is 11.9 Å². The van der Waals surface area contributed by atoms with E-state index in [1.165, 1.54) is 0 Å². The molecule has 0 spiro atoms. The average Bonchev–Trinajstić information content (AvgIpc) is 2.37. The van der Waals surface area contributed by atoms with Gasteiger partial charge in [0.15, 0.2) is 5.96 Å². The predicted octanol–water partition coefficient (Wildman–Crippen LogP) is 3.41. The molecule has 0 saturated heterocycles. The van der Waals surface area contributed by atoms with Crippen molar-refractivity contribution in [1.29, 1.82) is 0 Å². The Morgan fingerprint density at radius 2 is 1.95 bits per heavy atom. The Kier molecular flexibility index (Phi) is 10.0. The summed E-state index contributed by atoms with van der Waals surface area (Å²) in [6.45, 7) is 6.87. The molecule has 114 valence electrons. The zero-order chi connectivity index (χ0) is 14.3. The normalized spacial score (nSPS) is 12.6. The summed E-state index contributed by atoms with van der Waals surface area (Å²) in [5.41, 5.74) is 0. The van der Waals surface area contributed by atoms with Gasteiger partial charge >= 0.3 is 0 Å². The van der Waals surface area contributed by atoms with Crippen molar-refractivity contribution in [2.75, 3.05) is 13.6 Å². The molecule has 1 unspecified atom stereocenters. The topological polar surface area (TPSA) is 45.7 Å². The lowest BCUT2D eigenvalue weighted by molar-refractivity contribution is 0.222. The van der Waals surface area contributed by atoms with Crippen molar-refractivity contribution in [3.63, 3.8) is 0 Å². The molecule has 1 aromatic rings. The number of nitrogens with zero attached hydrogens (tertiary/aromatic N) is 1. The smallest absolute Gasteiger partial charge is 0.191 e. The first kappa shape index (κ1) is 19.5. The van der Waals surface area contributed by atoms with E-state index in [1.54, 1.807) is 7.05 Å². The maximum Gasteiger partial charge on any atom is 0.191 e. The van der Waals surface area contributed by atoms with Crippen LogP contribution in [0.1, 0.15) is 20.8 Å². The van der Waals surface area contributed by atoms with E-state index in [9.17, 15) is 0 Å². The summed E-state index contributed by atoms with van der Waals surface area (Å²) in [6, 6.07) is 8.19. The first-order chi connectivity index (χ1) is 9.02. The fraction of sp³-hybridized carbons (Fsp3) is 0.500. The molecule has 0 radical (unpaired) electrons. The quantitative estimate of drug-likeness (QED) is 0.406. The number of hydrogen-bond donors (Lipinski definition) is 2. The lowest BCUT2D eigenvalue weighted by Crippen LogP contribution is -2.44. The minimum atomic E-state index is 0. The minimum Gasteiger partial charge on any atom is -0.488 e. The van der Waals surface area contributed by atoms with E-state index in [0.29, 0.717) is 12.6 Å². The second-order valence-corrected chi connectivity index (χ2v) is 5.47. The molecule has 0 bridgehead atoms. The molecular weight excluding hydrogens is 433 g/mol. The number of guanidine groups is 1. The monoisotopic (exact) mass is 455 g/mol. The van der Waals surface area contributed by atoms with Crippen LogP contribution >= 0.6 is 39.9 Å². The van der Waals surface area contributed by atoms with E-state index in [2.05, 4.69) is 45.4 Å². The van der Waals surface area contributed by atoms with E-state index in [4.69, 9.17) is 4.74 Å². The fourth-order valence-corrected chi connectivity index (χ4v) is 1.89. The zero-order valence-corrected chi connectivity index (χ0v) is 16.2. The third-order valence-electron chi connectivity index (χ3n) is 2.37. The molecule has 0 fully saturated rings. The van der Waals surface area contributed by atoms with Crippen molar-refractivity contribution in [2.45, 2.75) is 32.9 Å². The number of nitrogens with one attached hydrogen (secondary N) is 2. The number of ether oxygens (including phenoxy) is 1. The van der Waals surface area contributed by atoms with Crippen LogP contribution in [0.25, 0.3) is 0 Å². The van der Waals surface area contributed by atoms with Gasteiger partial charge in [-0.15, -0.1) is 24.0 Å². The molecule has 0 aliphatic carbocycles. The third kappa shape index (κ3) is 7.33. The van der Waals surface area contributed by atoms with Crippen LogP contribution in [0.15, 0.2) is 33.7 Å². The van der Waals surface area contributed by atoms with Crippen LogP contribution in [0, 0.1) is 0 Å². The van der Waals surface area contributed by atoms with E-state index < -0.39 is 0 Å². The van der Waals surface area contributed by atoms with E-state index in [0.717, 1.165) is 16.2 Å². The summed E-state index contributed by atoms with van der Waals surface area (Å²) < 4.78 is 6.82. The molecule has 1 rings (SSSR count). The molecule has 0 heterocycles. The van der Waals surface area contributed by atoms with Crippen LogP contribution < -0.4 is 15.4 Å². The van der Waals surface area contributed by atoms with Gasteiger partial charge in [0.05, 0.1) is 11.0 Å². The Hall–Kier alpha value is -0.500. The van der Waals surface area contributed by atoms with Gasteiger partial charge in [0.2, 0.25) is 0 Å². The second-order valence-electron chi connectivity index (χ2n) is 4.61. The summed E-state index contributed by atoms with van der Waals surface area (Å²) in [5, 5.41) is 6.47. The average molecular weight is 456 g/mol. The molecular formula is C14H23BrIN3O. The first-order valence-corrected chi connectivity index (χ1v) is 7.20. The highest BCUT2D eigenvalue weighted by Gasteiger charge is 2.08. The highest BCUT2D eigenvalue weighted by atomic mass is 127. The van der Waals surface area contributed by atoms with E-state index in [-0.39, 0.29) is 30.1 Å². The molecule has 2 N–H and O–H groups in total. The highest BCUT2D eigenvalue weighted by molar-refractivity contribution is 14.0. The Morgan fingerprint density at radius 3 is 2.50 bits per heavy atom. The second kappa shape index (κ2) is 10.3. The van der Waals surface area contributed by atoms with Gasteiger partial charge in [-0.3, -0.25) is 4.99 Å². The largest absolute Gasteiger partial charge is 0.488 e. The number of aliphatic imine (C=N–C) groups is 1. The maximum atomic E-state index is 5.85. The number of benzene rings is 1. The number of halogens is 2. The summed E-state index contributed by atoms with van der Waals surface area (Å²) in [4.78, 5) is 4.15. The van der Waals surface area contributed by atoms with Gasteiger partial charge in [-0.1, -0.05) is 12.1 Å². The number of para-hydroxylation sites is 1. The summed E-state index contributed by atoms with van der Waals surface area (Å²) in [6.07, 6.45) is 0.0458. The Morgan fingerprint density at radius 1 is 1.30 bits per heavy atom. The molecule has 1 atom stereocenters. The fourth-order valence-electron chi connectivity index (χ4n) is 1.51. The van der Waals surface area contributed by atoms with Crippen molar-refractivity contribution in [3.05, 3.63) is 28.7 Å². The van der Waals surface area contributed by atoms with Crippen LogP contribution in [0.4, 0.5) is 0 Å². The van der Waals surface area contributed by atoms with Crippen LogP contribution in [-0.4, -0.2) is 31.7 Å². The van der Waals surface area contributed by atoms with Gasteiger partial charge in [0, 0.05) is 13.1 Å². The van der Waals surface area contributed by atoms with Crippen LogP contribution in [0.3, 0.4) is 0 Å². The molecule has 20 heavy (non-hydrogen) atoms. The summed E-state index contributed by atoms with van der Waals surface area (Å²) >= 11 is 3.47. The SMILES string of the molecule is CN=C(NCC(C)Oc1ccccc1Br)NC(C)C.I. The zero-order valence-electron chi connectivity index (χ0n) is 12.3. The van der Waals surface area contributed by atoms with E-state index in [1.807, 2.05) is 31.2 Å². The van der Waals surface area contributed by atoms with Crippen molar-refractivity contribution in [1.82, 2.24) is 10.6 Å². The Labute approximate surface area is 146 Å². The van der Waals surface area contributed by atoms with Crippen LogP contribution in [0.2, 0.25) is 0 Å². The first-order valence-electron chi connectivity index (χ1n) is 6.41. The molecule has 0 aliphatic rings. The molecule has 6 heteroatoms. The summed E-state index contributed by atoms with van der Waals surface area (Å²) in [5.74, 6) is 1.64. The standard InChI is InChI=1S/C14H22BrN3O.HI/c1-10(2)18-14(16-4)17-9-11(3)19-13-8-6-5-7-12(13)15;/h5-8,10-11H,9H2,1-4H3,(H2,16,17,18);1H. The van der Waals surface area contributed by atoms with Crippen LogP contribution in [0.5, 0.6) is 5.75 Å². The van der Waals surface area contributed by atoms with Crippen molar-refractivity contribution < 1.29 is 4.74 Å². The van der Waals surface area contributed by atoms with Crippen molar-refractivity contribution >= 4 is 45.9 Å². The third-order valence-corrected chi connectivity index (χ3v) is 3.03. The number of hydrogen-bond acceptors (Lipinski definition) is 2. The van der Waals surface area contributed by atoms with Crippen LogP contribution in [-0.2, 0) is 0 Å². The molecule has 4 nitrogen and oxygen atoms in total. The van der Waals surface area contributed by atoms with Gasteiger partial charge in [-0.05, 0) is 48.8 Å². The maximum absolute atomic E-state index is 5.85. The minimum absolute atomic E-state index is 0. The van der Waals surface area contributed by atoms with E-state index >= 15 is 0 Å². The van der Waals surface area contributed by atoms with Gasteiger partial charge in [-0.25, -0.2) is 0 Å². The van der Waals surface area contributed by atoms with Crippen molar-refractivity contribution in [3.8, 4) is 5.75 Å². The molecule has 0 saturated carbocycles. The lowest BCUT2D eigenvalue weighted by Gasteiger charge is -2.19. The molecule has 0 amide bonds. The van der Waals surface area contributed by atoms with Gasteiger partial charge in [0.25, 0.3) is 0 Å². The Balaban J connectivity index is 0.00000361. The summed E-state index contributed by atoms with van der Waals surface area (Å²) in [7, 11) is 1.76. The Bertz CT molecular complexity index is 427. The molecule has 0 aliphatic heterocycles. The molecule has 1 aromatic carbocycles. The van der Waals surface area contributed by atoms with Gasteiger partial charge < -0.3 is 15.4 Å².